The summed E-state index contributed by atoms with van der Waals surface area (Å²) < 4.78 is 12.3. The van der Waals surface area contributed by atoms with E-state index >= 15 is 0 Å². The van der Waals surface area contributed by atoms with E-state index in [1.807, 2.05) is 42.5 Å². The van der Waals surface area contributed by atoms with E-state index in [1.165, 1.54) is 11.1 Å². The van der Waals surface area contributed by atoms with Crippen LogP contribution in [0.1, 0.15) is 53.5 Å². The van der Waals surface area contributed by atoms with Gasteiger partial charge >= 0.3 is 5.97 Å². The Kier molecular flexibility index (Phi) is 7.70. The van der Waals surface area contributed by atoms with E-state index < -0.39 is 5.97 Å². The Morgan fingerprint density at radius 1 is 1.08 bits per heavy atom. The highest BCUT2D eigenvalue weighted by atomic mass is 35.5. The molecule has 36 heavy (non-hydrogen) atoms. The molecule has 4 atom stereocenters. The molecule has 2 aliphatic heterocycles. The zero-order chi connectivity index (χ0) is 25.1. The largest absolute Gasteiger partial charge is 0.481 e. The molecule has 2 fully saturated rings. The van der Waals surface area contributed by atoms with Crippen molar-refractivity contribution in [1.29, 1.82) is 0 Å². The number of oxazole rings is 1. The fourth-order valence-electron chi connectivity index (χ4n) is 5.48. The Morgan fingerprint density at radius 2 is 1.83 bits per heavy atom. The highest BCUT2D eigenvalue weighted by Gasteiger charge is 2.51. The second-order valence-electron chi connectivity index (χ2n) is 9.55. The smallest absolute Gasteiger partial charge is 0.303 e. The molecule has 3 heterocycles. The number of carboxylic acids is 1. The number of carbonyl (C=O) groups is 1. The van der Waals surface area contributed by atoms with Crippen LogP contribution in [-0.2, 0) is 28.8 Å². The van der Waals surface area contributed by atoms with Gasteiger partial charge in [-0.3, -0.25) is 4.79 Å². The van der Waals surface area contributed by atoms with Crippen molar-refractivity contribution in [3.63, 3.8) is 0 Å². The summed E-state index contributed by atoms with van der Waals surface area (Å²) in [4.78, 5) is 16.5. The van der Waals surface area contributed by atoms with E-state index in [1.54, 1.807) is 6.26 Å². The minimum Gasteiger partial charge on any atom is -0.481 e. The van der Waals surface area contributed by atoms with E-state index in [-0.39, 0.29) is 30.5 Å². The lowest BCUT2D eigenvalue weighted by Gasteiger charge is -2.26. The van der Waals surface area contributed by atoms with Crippen molar-refractivity contribution in [2.45, 2.75) is 56.7 Å². The van der Waals surface area contributed by atoms with Gasteiger partial charge in [0.2, 0.25) is 5.89 Å². The quantitative estimate of drug-likeness (QED) is 0.345. The van der Waals surface area contributed by atoms with Crippen molar-refractivity contribution in [2.24, 2.45) is 5.92 Å². The van der Waals surface area contributed by atoms with Crippen LogP contribution in [0.25, 0.3) is 0 Å². The van der Waals surface area contributed by atoms with Crippen molar-refractivity contribution >= 4 is 34.8 Å². The summed E-state index contributed by atoms with van der Waals surface area (Å²) in [6.45, 7) is 0.690. The van der Waals surface area contributed by atoms with Gasteiger partial charge in [-0.25, -0.2) is 4.98 Å². The number of aryl methyl sites for hydroxylation is 1. The van der Waals surface area contributed by atoms with Crippen LogP contribution in [0.2, 0.25) is 5.02 Å². The molecule has 0 saturated carbocycles. The van der Waals surface area contributed by atoms with Crippen molar-refractivity contribution < 1.29 is 19.1 Å². The van der Waals surface area contributed by atoms with Crippen LogP contribution in [0, 0.1) is 5.92 Å². The molecule has 188 valence electrons. The van der Waals surface area contributed by atoms with Gasteiger partial charge in [0.1, 0.15) is 16.9 Å². The zero-order valence-electron chi connectivity index (χ0n) is 19.9. The Bertz CT molecular complexity index is 1230. The number of nitrogens with zero attached hydrogens (tertiary/aromatic N) is 1. The maximum Gasteiger partial charge on any atom is 0.303 e. The topological polar surface area (TPSA) is 84.6 Å². The van der Waals surface area contributed by atoms with Gasteiger partial charge in [0.05, 0.1) is 18.1 Å². The van der Waals surface area contributed by atoms with Crippen molar-refractivity contribution in [3.05, 3.63) is 88.1 Å². The molecule has 0 radical (unpaired) electrons. The van der Waals surface area contributed by atoms with Crippen molar-refractivity contribution in [1.82, 2.24) is 10.3 Å². The molecular formula is C28H29ClN2O4S. The lowest BCUT2D eigenvalue weighted by atomic mass is 9.75. The molecule has 2 bridgehead atoms. The number of halogens is 1. The fraction of sp³-hybridized carbons (Fsp3) is 0.393. The lowest BCUT2D eigenvalue weighted by molar-refractivity contribution is -0.136. The third-order valence-electron chi connectivity index (χ3n) is 7.26. The molecular weight excluding hydrogens is 496 g/mol. The van der Waals surface area contributed by atoms with Crippen LogP contribution >= 0.6 is 23.8 Å². The molecule has 8 heteroatoms. The summed E-state index contributed by atoms with van der Waals surface area (Å²) in [6, 6.07) is 15.9. The Labute approximate surface area is 221 Å². The second-order valence-corrected chi connectivity index (χ2v) is 10.4. The third-order valence-corrected chi connectivity index (χ3v) is 7.86. The predicted octanol–water partition coefficient (Wildman–Crippen LogP) is 5.36. The fourth-order valence-corrected chi connectivity index (χ4v) is 5.80. The molecule has 2 aromatic carbocycles. The number of benzene rings is 2. The van der Waals surface area contributed by atoms with Gasteiger partial charge < -0.3 is 19.6 Å². The average molecular weight is 525 g/mol. The minimum absolute atomic E-state index is 0.0573. The number of aromatic nitrogens is 1. The van der Waals surface area contributed by atoms with Gasteiger partial charge in [0.15, 0.2) is 0 Å². The van der Waals surface area contributed by atoms with Gasteiger partial charge in [-0.1, -0.05) is 60.2 Å². The highest BCUT2D eigenvalue weighted by Crippen LogP contribution is 2.50. The van der Waals surface area contributed by atoms with Gasteiger partial charge in [0.25, 0.3) is 0 Å². The first-order valence-corrected chi connectivity index (χ1v) is 13.2. The third kappa shape index (κ3) is 5.64. The minimum atomic E-state index is -0.781. The molecule has 3 aromatic rings. The summed E-state index contributed by atoms with van der Waals surface area (Å²) in [5.41, 5.74) is 4.08. The Balaban J connectivity index is 1.25. The standard InChI is InChI=1S/C28H29ClN2O4S/c29-20-8-5-17(6-9-20)13-14-30-28(36)22-16-34-27(31-22)26-21(23-10-11-24(26)35-23)15-19-4-2-1-3-18(19)7-12-25(32)33/h1-6,8-9,16,21,23-24,26H,7,10-15H2,(H,30,36)(H,32,33)/t21-,23-,24+,26-/m0/s1. The van der Waals surface area contributed by atoms with E-state index in [0.717, 1.165) is 36.3 Å². The maximum absolute atomic E-state index is 11.1. The molecule has 0 aliphatic carbocycles. The van der Waals surface area contributed by atoms with Crippen LogP contribution in [-0.4, -0.2) is 39.8 Å². The molecule has 0 unspecified atom stereocenters. The first-order chi connectivity index (χ1) is 17.5. The van der Waals surface area contributed by atoms with Gasteiger partial charge in [-0.2, -0.15) is 0 Å². The van der Waals surface area contributed by atoms with Gasteiger partial charge in [0, 0.05) is 23.9 Å². The number of thiocarbonyl (C=S) groups is 1. The summed E-state index contributed by atoms with van der Waals surface area (Å²) in [5.74, 6) is 0.178. The number of ether oxygens (including phenoxy) is 1. The zero-order valence-corrected chi connectivity index (χ0v) is 21.4. The van der Waals surface area contributed by atoms with E-state index in [4.69, 9.17) is 43.1 Å². The molecule has 2 saturated heterocycles. The van der Waals surface area contributed by atoms with Crippen molar-refractivity contribution in [2.75, 3.05) is 6.54 Å². The number of carboxylic acid groups (broad SMARTS) is 1. The molecule has 6 nitrogen and oxygen atoms in total. The Morgan fingerprint density at radius 3 is 2.61 bits per heavy atom. The molecule has 0 amide bonds. The lowest BCUT2D eigenvalue weighted by Crippen LogP contribution is -2.28. The van der Waals surface area contributed by atoms with Crippen LogP contribution in [0.5, 0.6) is 0 Å². The summed E-state index contributed by atoms with van der Waals surface area (Å²) in [7, 11) is 0. The first kappa shape index (κ1) is 24.9. The molecule has 2 aliphatic rings. The average Bonchev–Trinajstić information content (AvgIpc) is 3.61. The summed E-state index contributed by atoms with van der Waals surface area (Å²) in [5, 5.41) is 13.1. The van der Waals surface area contributed by atoms with E-state index in [2.05, 4.69) is 11.4 Å². The van der Waals surface area contributed by atoms with Crippen LogP contribution in [0.15, 0.2) is 59.2 Å². The van der Waals surface area contributed by atoms with Crippen LogP contribution in [0.4, 0.5) is 0 Å². The summed E-state index contributed by atoms with van der Waals surface area (Å²) >= 11 is 11.5. The SMILES string of the molecule is O=C(O)CCc1ccccc1C[C@@H]1[C@H](c2nc(C(=S)NCCc3ccc(Cl)cc3)co2)[C@H]2CC[C@@H]1O2. The number of nitrogens with one attached hydrogen (secondary N) is 1. The van der Waals surface area contributed by atoms with Crippen LogP contribution in [0.3, 0.4) is 0 Å². The Hall–Kier alpha value is -2.74. The van der Waals surface area contributed by atoms with Gasteiger partial charge in [-0.05, 0) is 60.9 Å². The van der Waals surface area contributed by atoms with E-state index in [9.17, 15) is 4.79 Å². The summed E-state index contributed by atoms with van der Waals surface area (Å²) in [6.07, 6.45) is 6.19. The normalized spacial score (nSPS) is 22.6. The highest BCUT2D eigenvalue weighted by molar-refractivity contribution is 7.80. The number of hydrogen-bond donors (Lipinski definition) is 2. The van der Waals surface area contributed by atoms with Crippen LogP contribution < -0.4 is 5.32 Å². The molecule has 0 spiro atoms. The predicted molar refractivity (Wildman–Crippen MR) is 142 cm³/mol. The number of aliphatic carboxylic acids is 1. The number of rotatable bonds is 10. The maximum atomic E-state index is 11.1. The number of fused-ring (bicyclic) bond motifs is 2. The second kappa shape index (κ2) is 11.1. The van der Waals surface area contributed by atoms with Gasteiger partial charge in [-0.15, -0.1) is 0 Å². The number of hydrogen-bond acceptors (Lipinski definition) is 5. The van der Waals surface area contributed by atoms with Crippen molar-refractivity contribution in [3.8, 4) is 0 Å². The molecule has 1 aromatic heterocycles. The van der Waals surface area contributed by atoms with E-state index in [0.29, 0.717) is 29.5 Å². The molecule has 5 rings (SSSR count). The molecule has 2 N–H and O–H groups in total. The first-order valence-electron chi connectivity index (χ1n) is 12.4. The monoisotopic (exact) mass is 524 g/mol.